The summed E-state index contributed by atoms with van der Waals surface area (Å²) in [5.74, 6) is -0.760. The zero-order valence-electron chi connectivity index (χ0n) is 13.8. The monoisotopic (exact) mass is 295 g/mol. The summed E-state index contributed by atoms with van der Waals surface area (Å²) in [7, 11) is 1.91. The second-order valence-corrected chi connectivity index (χ2v) is 5.75. The second-order valence-electron chi connectivity index (χ2n) is 5.75. The minimum absolute atomic E-state index is 0.467. The molecular weight excluding hydrogens is 266 g/mol. The highest BCUT2D eigenvalue weighted by molar-refractivity contribution is 5.73. The van der Waals surface area contributed by atoms with Crippen LogP contribution in [0.25, 0.3) is 0 Å². The highest BCUT2D eigenvalue weighted by atomic mass is 16.4. The Bertz CT molecular complexity index is 455. The summed E-state index contributed by atoms with van der Waals surface area (Å²) in [5.41, 5.74) is 3.16. The Morgan fingerprint density at radius 2 is 1.95 bits per heavy atom. The van der Waals surface area contributed by atoms with Crippen LogP contribution in [0.4, 0.5) is 0 Å². The van der Waals surface area contributed by atoms with Gasteiger partial charge in [-0.2, -0.15) is 5.10 Å². The maximum absolute atomic E-state index is 11.3. The van der Waals surface area contributed by atoms with Crippen LogP contribution in [0, 0.1) is 13.8 Å². The van der Waals surface area contributed by atoms with E-state index < -0.39 is 12.0 Å². The number of nitrogens with one attached hydrogen (secondary N) is 1. The van der Waals surface area contributed by atoms with Crippen LogP contribution < -0.4 is 5.32 Å². The Labute approximate surface area is 127 Å². The summed E-state index contributed by atoms with van der Waals surface area (Å²) < 4.78 is 1.84. The highest BCUT2D eigenvalue weighted by Crippen LogP contribution is 2.13. The fraction of sp³-hybridized carbons (Fsp3) is 0.750. The highest BCUT2D eigenvalue weighted by Gasteiger charge is 2.18. The largest absolute Gasteiger partial charge is 0.480 e. The van der Waals surface area contributed by atoms with Crippen molar-refractivity contribution in [1.82, 2.24) is 15.1 Å². The van der Waals surface area contributed by atoms with Crippen molar-refractivity contribution in [2.24, 2.45) is 7.05 Å². The summed E-state index contributed by atoms with van der Waals surface area (Å²) in [5, 5.41) is 16.8. The Kier molecular flexibility index (Phi) is 7.43. The molecule has 0 aliphatic rings. The molecule has 5 nitrogen and oxygen atoms in total. The topological polar surface area (TPSA) is 67.2 Å². The second kappa shape index (κ2) is 8.82. The van der Waals surface area contributed by atoms with Crippen molar-refractivity contribution in [3.63, 3.8) is 0 Å². The number of hydrogen-bond acceptors (Lipinski definition) is 3. The quantitative estimate of drug-likeness (QED) is 0.651. The van der Waals surface area contributed by atoms with Crippen LogP contribution in [-0.4, -0.2) is 26.9 Å². The predicted molar refractivity (Wildman–Crippen MR) is 84.3 cm³/mol. The molecule has 120 valence electrons. The number of hydrogen-bond donors (Lipinski definition) is 2. The lowest BCUT2D eigenvalue weighted by molar-refractivity contribution is -0.139. The van der Waals surface area contributed by atoms with E-state index in [1.165, 1.54) is 19.3 Å². The summed E-state index contributed by atoms with van der Waals surface area (Å²) >= 11 is 0. The maximum atomic E-state index is 11.3. The van der Waals surface area contributed by atoms with Gasteiger partial charge in [-0.1, -0.05) is 39.0 Å². The van der Waals surface area contributed by atoms with E-state index in [1.807, 2.05) is 25.6 Å². The third-order valence-electron chi connectivity index (χ3n) is 4.08. The van der Waals surface area contributed by atoms with Crippen LogP contribution in [-0.2, 0) is 18.4 Å². The van der Waals surface area contributed by atoms with Gasteiger partial charge in [-0.25, -0.2) is 0 Å². The minimum Gasteiger partial charge on any atom is -0.480 e. The van der Waals surface area contributed by atoms with Gasteiger partial charge < -0.3 is 10.4 Å². The van der Waals surface area contributed by atoms with Gasteiger partial charge in [0.05, 0.1) is 5.69 Å². The molecule has 1 atom stereocenters. The molecule has 0 fully saturated rings. The van der Waals surface area contributed by atoms with Gasteiger partial charge >= 0.3 is 5.97 Å². The van der Waals surface area contributed by atoms with E-state index in [1.54, 1.807) is 0 Å². The number of rotatable bonds is 10. The molecule has 0 aliphatic heterocycles. The predicted octanol–water partition coefficient (Wildman–Crippen LogP) is 2.94. The molecule has 0 unspecified atom stereocenters. The van der Waals surface area contributed by atoms with E-state index in [9.17, 15) is 9.90 Å². The van der Waals surface area contributed by atoms with Gasteiger partial charge in [0.2, 0.25) is 0 Å². The smallest absolute Gasteiger partial charge is 0.320 e. The number of carboxylic acids is 1. The molecule has 0 bridgehead atoms. The van der Waals surface area contributed by atoms with Crippen molar-refractivity contribution in [3.05, 3.63) is 17.0 Å². The van der Waals surface area contributed by atoms with Crippen LogP contribution in [0.1, 0.15) is 62.4 Å². The van der Waals surface area contributed by atoms with E-state index in [-0.39, 0.29) is 0 Å². The molecule has 0 aliphatic carbocycles. The Morgan fingerprint density at radius 1 is 1.29 bits per heavy atom. The molecule has 0 saturated carbocycles. The van der Waals surface area contributed by atoms with Gasteiger partial charge in [-0.15, -0.1) is 0 Å². The molecule has 0 saturated heterocycles. The number of aromatic nitrogens is 2. The van der Waals surface area contributed by atoms with Crippen molar-refractivity contribution in [3.8, 4) is 0 Å². The SMILES string of the molecule is CCCCCCC[C@H](NCc1c(C)nn(C)c1C)C(=O)O. The van der Waals surface area contributed by atoms with Gasteiger partial charge in [0.15, 0.2) is 0 Å². The van der Waals surface area contributed by atoms with Crippen molar-refractivity contribution >= 4 is 5.97 Å². The van der Waals surface area contributed by atoms with Crippen molar-refractivity contribution in [2.75, 3.05) is 0 Å². The lowest BCUT2D eigenvalue weighted by Gasteiger charge is -2.14. The average Bonchev–Trinajstić information content (AvgIpc) is 2.67. The Morgan fingerprint density at radius 3 is 2.48 bits per heavy atom. The van der Waals surface area contributed by atoms with E-state index in [0.717, 1.165) is 29.8 Å². The molecule has 2 N–H and O–H groups in total. The molecule has 1 rings (SSSR count). The number of nitrogens with zero attached hydrogens (tertiary/aromatic N) is 2. The average molecular weight is 295 g/mol. The van der Waals surface area contributed by atoms with Gasteiger partial charge in [0, 0.05) is 24.8 Å². The minimum atomic E-state index is -0.760. The van der Waals surface area contributed by atoms with Gasteiger partial charge in [-0.05, 0) is 20.3 Å². The number of carboxylic acid groups (broad SMARTS) is 1. The Balaban J connectivity index is 2.46. The molecule has 0 aromatic carbocycles. The van der Waals surface area contributed by atoms with E-state index in [2.05, 4.69) is 17.3 Å². The summed E-state index contributed by atoms with van der Waals surface area (Å²) in [4.78, 5) is 11.3. The first kappa shape index (κ1) is 17.7. The standard InChI is InChI=1S/C16H29N3O2/c1-5-6-7-8-9-10-15(16(20)21)17-11-14-12(2)18-19(4)13(14)3/h15,17H,5-11H2,1-4H3,(H,20,21)/t15-/m0/s1. The van der Waals surface area contributed by atoms with Crippen LogP contribution in [0.15, 0.2) is 0 Å². The lowest BCUT2D eigenvalue weighted by Crippen LogP contribution is -2.36. The van der Waals surface area contributed by atoms with Gasteiger partial charge in [-0.3, -0.25) is 9.48 Å². The third-order valence-corrected chi connectivity index (χ3v) is 4.08. The van der Waals surface area contributed by atoms with Crippen molar-refractivity contribution < 1.29 is 9.90 Å². The maximum Gasteiger partial charge on any atom is 0.320 e. The van der Waals surface area contributed by atoms with E-state index in [4.69, 9.17) is 0 Å². The molecular formula is C16H29N3O2. The molecule has 0 radical (unpaired) electrons. The molecule has 1 aromatic heterocycles. The molecule has 5 heteroatoms. The normalized spacial score (nSPS) is 12.6. The lowest BCUT2D eigenvalue weighted by atomic mass is 10.1. The number of aliphatic carboxylic acids is 1. The van der Waals surface area contributed by atoms with Crippen LogP contribution in [0.5, 0.6) is 0 Å². The first-order valence-electron chi connectivity index (χ1n) is 7.92. The summed E-state index contributed by atoms with van der Waals surface area (Å²) in [6, 6.07) is -0.467. The first-order valence-corrected chi connectivity index (χ1v) is 7.92. The Hall–Kier alpha value is -1.36. The van der Waals surface area contributed by atoms with E-state index in [0.29, 0.717) is 13.0 Å². The first-order chi connectivity index (χ1) is 9.97. The molecule has 21 heavy (non-hydrogen) atoms. The van der Waals surface area contributed by atoms with E-state index >= 15 is 0 Å². The molecule has 0 amide bonds. The van der Waals surface area contributed by atoms with Crippen molar-refractivity contribution in [2.45, 2.75) is 71.9 Å². The fourth-order valence-corrected chi connectivity index (χ4v) is 2.56. The number of aryl methyl sites for hydroxylation is 2. The molecule has 1 heterocycles. The zero-order valence-corrected chi connectivity index (χ0v) is 13.8. The van der Waals surface area contributed by atoms with Gasteiger partial charge in [0.1, 0.15) is 6.04 Å². The van der Waals surface area contributed by atoms with Gasteiger partial charge in [0.25, 0.3) is 0 Å². The third kappa shape index (κ3) is 5.50. The molecule has 1 aromatic rings. The summed E-state index contributed by atoms with van der Waals surface area (Å²) in [6.07, 6.45) is 6.42. The van der Waals surface area contributed by atoms with Crippen LogP contribution >= 0.6 is 0 Å². The number of unbranched alkanes of at least 4 members (excludes halogenated alkanes) is 4. The van der Waals surface area contributed by atoms with Crippen molar-refractivity contribution in [1.29, 1.82) is 0 Å². The fourth-order valence-electron chi connectivity index (χ4n) is 2.56. The molecule has 0 spiro atoms. The zero-order chi connectivity index (χ0) is 15.8. The number of carbonyl (C=O) groups is 1. The van der Waals surface area contributed by atoms with Crippen LogP contribution in [0.3, 0.4) is 0 Å². The van der Waals surface area contributed by atoms with Crippen LogP contribution in [0.2, 0.25) is 0 Å². The summed E-state index contributed by atoms with van der Waals surface area (Å²) in [6.45, 7) is 6.72.